The highest BCUT2D eigenvalue weighted by Gasteiger charge is 2.03. The van der Waals surface area contributed by atoms with Crippen molar-refractivity contribution in [3.8, 4) is 0 Å². The van der Waals surface area contributed by atoms with Gasteiger partial charge in [-0.05, 0) is 12.1 Å². The Labute approximate surface area is 117 Å². The number of thioether (sulfide) groups is 1. The van der Waals surface area contributed by atoms with Crippen molar-refractivity contribution in [2.75, 3.05) is 30.9 Å². The molecular formula is C12H17N3O2S2. The van der Waals surface area contributed by atoms with Crippen molar-refractivity contribution in [3.63, 3.8) is 0 Å². The first kappa shape index (κ1) is 14.4. The Bertz CT molecular complexity index is 604. The summed E-state index contributed by atoms with van der Waals surface area (Å²) in [5, 5.41) is 4.00. The summed E-state index contributed by atoms with van der Waals surface area (Å²) < 4.78 is 21.8. The smallest absolute Gasteiger partial charge is 0.166 e. The van der Waals surface area contributed by atoms with Crippen LogP contribution in [0.15, 0.2) is 29.4 Å². The fourth-order valence-electron chi connectivity index (χ4n) is 1.60. The summed E-state index contributed by atoms with van der Waals surface area (Å²) in [6.07, 6.45) is 1.25. The molecule has 5 nitrogen and oxygen atoms in total. The highest BCUT2D eigenvalue weighted by Crippen LogP contribution is 2.18. The molecule has 7 heteroatoms. The molecule has 19 heavy (non-hydrogen) atoms. The molecule has 0 aliphatic heterocycles. The van der Waals surface area contributed by atoms with E-state index in [0.29, 0.717) is 6.54 Å². The molecule has 0 radical (unpaired) electrons. The number of sulfone groups is 1. The molecule has 0 amide bonds. The molecule has 0 aliphatic carbocycles. The number of benzene rings is 1. The molecule has 2 aromatic rings. The van der Waals surface area contributed by atoms with E-state index in [4.69, 9.17) is 0 Å². The van der Waals surface area contributed by atoms with Gasteiger partial charge in [-0.15, -0.1) is 0 Å². The lowest BCUT2D eigenvalue weighted by atomic mass is 10.3. The lowest BCUT2D eigenvalue weighted by molar-refractivity contribution is 0.598. The van der Waals surface area contributed by atoms with Crippen molar-refractivity contribution < 1.29 is 8.42 Å². The number of rotatable bonds is 7. The van der Waals surface area contributed by atoms with Crippen LogP contribution < -0.4 is 5.32 Å². The molecule has 104 valence electrons. The third-order valence-corrected chi connectivity index (χ3v) is 4.36. The minimum Gasteiger partial charge on any atom is -0.333 e. The highest BCUT2D eigenvalue weighted by atomic mass is 32.2. The van der Waals surface area contributed by atoms with Crippen molar-refractivity contribution in [1.82, 2.24) is 15.3 Å². The van der Waals surface area contributed by atoms with Gasteiger partial charge in [-0.2, -0.15) is 0 Å². The van der Waals surface area contributed by atoms with Crippen molar-refractivity contribution in [3.05, 3.63) is 24.3 Å². The molecule has 1 aromatic carbocycles. The Morgan fingerprint density at radius 2 is 2.11 bits per heavy atom. The van der Waals surface area contributed by atoms with Crippen LogP contribution in [0, 0.1) is 0 Å². The van der Waals surface area contributed by atoms with Gasteiger partial charge in [-0.1, -0.05) is 23.9 Å². The van der Waals surface area contributed by atoms with Gasteiger partial charge < -0.3 is 10.3 Å². The number of nitrogens with one attached hydrogen (secondary N) is 2. The molecule has 0 atom stereocenters. The van der Waals surface area contributed by atoms with E-state index in [2.05, 4.69) is 15.3 Å². The minimum atomic E-state index is -2.87. The fourth-order valence-corrected chi connectivity index (χ4v) is 2.90. The van der Waals surface area contributed by atoms with Crippen molar-refractivity contribution >= 4 is 32.6 Å². The van der Waals surface area contributed by atoms with Crippen LogP contribution in [0.1, 0.15) is 0 Å². The fraction of sp³-hybridized carbons (Fsp3) is 0.417. The average Bonchev–Trinajstić information content (AvgIpc) is 2.74. The van der Waals surface area contributed by atoms with Gasteiger partial charge in [0.25, 0.3) is 0 Å². The first-order valence-corrected chi connectivity index (χ1v) is 9.05. The second kappa shape index (κ2) is 6.40. The zero-order valence-electron chi connectivity index (χ0n) is 10.7. The molecule has 0 unspecified atom stereocenters. The molecule has 1 aromatic heterocycles. The Hall–Kier alpha value is -1.05. The number of imidazole rings is 1. The maximum Gasteiger partial charge on any atom is 0.166 e. The Morgan fingerprint density at radius 3 is 2.84 bits per heavy atom. The standard InChI is InChI=1S/C12H17N3O2S2/c1-19(16,17)9-7-13-6-8-18-12-14-10-4-2-3-5-11(10)15-12/h2-5,13H,6-9H2,1H3,(H,14,15). The number of hydrogen-bond donors (Lipinski definition) is 2. The van der Waals surface area contributed by atoms with E-state index in [0.717, 1.165) is 28.5 Å². The van der Waals surface area contributed by atoms with Crippen molar-refractivity contribution in [2.24, 2.45) is 0 Å². The van der Waals surface area contributed by atoms with E-state index in [1.54, 1.807) is 11.8 Å². The SMILES string of the molecule is CS(=O)(=O)CCNCCSc1nc2ccccc2[nH]1. The number of para-hydroxylation sites is 2. The molecule has 0 bridgehead atoms. The van der Waals surface area contributed by atoms with Gasteiger partial charge in [0.15, 0.2) is 5.16 Å². The lowest BCUT2D eigenvalue weighted by Crippen LogP contribution is -2.24. The number of aromatic nitrogens is 2. The summed E-state index contributed by atoms with van der Waals surface area (Å²) in [7, 11) is -2.87. The van der Waals surface area contributed by atoms with Gasteiger partial charge in [-0.25, -0.2) is 13.4 Å². The Morgan fingerprint density at radius 1 is 1.32 bits per heavy atom. The molecule has 0 spiro atoms. The van der Waals surface area contributed by atoms with E-state index < -0.39 is 9.84 Å². The van der Waals surface area contributed by atoms with E-state index in [1.165, 1.54) is 6.26 Å². The van der Waals surface area contributed by atoms with E-state index >= 15 is 0 Å². The molecule has 2 N–H and O–H groups in total. The largest absolute Gasteiger partial charge is 0.333 e. The number of fused-ring (bicyclic) bond motifs is 1. The Kier molecular flexibility index (Phi) is 4.84. The molecule has 0 saturated heterocycles. The third-order valence-electron chi connectivity index (χ3n) is 2.53. The lowest BCUT2D eigenvalue weighted by Gasteiger charge is -2.02. The van der Waals surface area contributed by atoms with Gasteiger partial charge in [0.2, 0.25) is 0 Å². The van der Waals surface area contributed by atoms with Crippen LogP contribution in [0.25, 0.3) is 11.0 Å². The van der Waals surface area contributed by atoms with Crippen LogP contribution in [-0.4, -0.2) is 49.2 Å². The van der Waals surface area contributed by atoms with Crippen LogP contribution in [-0.2, 0) is 9.84 Å². The third kappa shape index (κ3) is 4.85. The molecule has 0 saturated carbocycles. The maximum absolute atomic E-state index is 10.9. The summed E-state index contributed by atoms with van der Waals surface area (Å²) in [4.78, 5) is 7.69. The van der Waals surface area contributed by atoms with E-state index in [1.807, 2.05) is 24.3 Å². The molecular weight excluding hydrogens is 282 g/mol. The second-order valence-electron chi connectivity index (χ2n) is 4.29. The maximum atomic E-state index is 10.9. The van der Waals surface area contributed by atoms with Crippen LogP contribution >= 0.6 is 11.8 Å². The average molecular weight is 299 g/mol. The summed E-state index contributed by atoms with van der Waals surface area (Å²) in [6, 6.07) is 7.91. The summed E-state index contributed by atoms with van der Waals surface area (Å²) in [5.74, 6) is 1.03. The normalized spacial score (nSPS) is 12.1. The van der Waals surface area contributed by atoms with Crippen LogP contribution in [0.5, 0.6) is 0 Å². The quantitative estimate of drug-likeness (QED) is 0.595. The molecule has 0 aliphatic rings. The van der Waals surface area contributed by atoms with Gasteiger partial charge in [-0.3, -0.25) is 0 Å². The predicted octanol–water partition coefficient (Wildman–Crippen LogP) is 1.29. The topological polar surface area (TPSA) is 74.8 Å². The zero-order chi connectivity index (χ0) is 13.7. The number of hydrogen-bond acceptors (Lipinski definition) is 5. The monoisotopic (exact) mass is 299 g/mol. The van der Waals surface area contributed by atoms with Gasteiger partial charge >= 0.3 is 0 Å². The minimum absolute atomic E-state index is 0.183. The zero-order valence-corrected chi connectivity index (χ0v) is 12.4. The van der Waals surface area contributed by atoms with Crippen LogP contribution in [0.3, 0.4) is 0 Å². The highest BCUT2D eigenvalue weighted by molar-refractivity contribution is 7.99. The number of nitrogens with zero attached hydrogens (tertiary/aromatic N) is 1. The van der Waals surface area contributed by atoms with E-state index in [9.17, 15) is 8.42 Å². The van der Waals surface area contributed by atoms with Gasteiger partial charge in [0.05, 0.1) is 16.8 Å². The first-order valence-electron chi connectivity index (χ1n) is 6.00. The Balaban J connectivity index is 1.71. The summed E-state index contributed by atoms with van der Waals surface area (Å²) in [5.41, 5.74) is 2.00. The van der Waals surface area contributed by atoms with Crippen molar-refractivity contribution in [2.45, 2.75) is 5.16 Å². The molecule has 1 heterocycles. The summed E-state index contributed by atoms with van der Waals surface area (Å²) >= 11 is 1.63. The molecule has 0 fully saturated rings. The predicted molar refractivity (Wildman–Crippen MR) is 79.4 cm³/mol. The summed E-state index contributed by atoms with van der Waals surface area (Å²) in [6.45, 7) is 1.26. The number of H-pyrrole nitrogens is 1. The molecule has 2 rings (SSSR count). The van der Waals surface area contributed by atoms with Crippen LogP contribution in [0.2, 0.25) is 0 Å². The first-order chi connectivity index (χ1) is 9.04. The van der Waals surface area contributed by atoms with E-state index in [-0.39, 0.29) is 5.75 Å². The van der Waals surface area contributed by atoms with Crippen molar-refractivity contribution in [1.29, 1.82) is 0 Å². The van der Waals surface area contributed by atoms with Gasteiger partial charge in [0, 0.05) is 25.1 Å². The number of aromatic amines is 1. The van der Waals surface area contributed by atoms with Crippen LogP contribution in [0.4, 0.5) is 0 Å². The second-order valence-corrected chi connectivity index (χ2v) is 7.63. The van der Waals surface area contributed by atoms with Gasteiger partial charge in [0.1, 0.15) is 9.84 Å².